The van der Waals surface area contributed by atoms with Gasteiger partial charge in [-0.1, -0.05) is 64.8 Å². The van der Waals surface area contributed by atoms with Gasteiger partial charge in [0, 0.05) is 32.8 Å². The quantitative estimate of drug-likeness (QED) is 0.304. The molecule has 2 heterocycles. The smallest absolute Gasteiger partial charge is 0.196 e. The molecule has 0 atom stereocenters. The molecule has 0 saturated carbocycles. The van der Waals surface area contributed by atoms with Crippen LogP contribution in [0.4, 0.5) is 0 Å². The largest absolute Gasteiger partial charge is 0.274 e. The second kappa shape index (κ2) is 8.70. The van der Waals surface area contributed by atoms with E-state index < -0.39 is 0 Å². The average Bonchev–Trinajstić information content (AvgIpc) is 3.32. The highest BCUT2D eigenvalue weighted by Crippen LogP contribution is 2.30. The zero-order valence-electron chi connectivity index (χ0n) is 15.1. The molecule has 4 aromatic rings. The lowest BCUT2D eigenvalue weighted by Crippen LogP contribution is -2.03. The first-order valence-corrected chi connectivity index (χ1v) is 11.3. The summed E-state index contributed by atoms with van der Waals surface area (Å²) in [6, 6.07) is 18.2. The maximum Gasteiger partial charge on any atom is 0.196 e. The lowest BCUT2D eigenvalue weighted by Gasteiger charge is -2.11. The first-order chi connectivity index (χ1) is 13.6. The zero-order valence-corrected chi connectivity index (χ0v) is 18.2. The molecule has 4 rings (SSSR count). The normalized spacial score (nSPS) is 11.1. The van der Waals surface area contributed by atoms with Crippen LogP contribution in [0, 0.1) is 6.92 Å². The van der Waals surface area contributed by atoms with Crippen LogP contribution in [0.5, 0.6) is 0 Å². The first-order valence-electron chi connectivity index (χ1n) is 8.70. The highest BCUT2D eigenvalue weighted by Gasteiger charge is 2.16. The maximum atomic E-state index is 6.33. The number of hydrogen-bond acceptors (Lipinski definition) is 4. The van der Waals surface area contributed by atoms with Gasteiger partial charge in [-0.25, -0.2) is 0 Å². The van der Waals surface area contributed by atoms with Gasteiger partial charge in [0.1, 0.15) is 5.82 Å². The number of rotatable bonds is 6. The Kier molecular flexibility index (Phi) is 6.07. The molecule has 2 aromatic carbocycles. The minimum atomic E-state index is 0.639. The van der Waals surface area contributed by atoms with E-state index in [9.17, 15) is 0 Å². The van der Waals surface area contributed by atoms with Crippen molar-refractivity contribution in [2.75, 3.05) is 0 Å². The summed E-state index contributed by atoms with van der Waals surface area (Å²) in [5.74, 6) is 1.62. The topological polar surface area (TPSA) is 30.7 Å². The molecule has 0 aliphatic carbocycles. The van der Waals surface area contributed by atoms with Crippen molar-refractivity contribution >= 4 is 46.3 Å². The van der Waals surface area contributed by atoms with Gasteiger partial charge in [0.25, 0.3) is 0 Å². The van der Waals surface area contributed by atoms with E-state index in [0.717, 1.165) is 28.7 Å². The number of nitrogens with zero attached hydrogens (tertiary/aromatic N) is 3. The summed E-state index contributed by atoms with van der Waals surface area (Å²) < 4.78 is 2.13. The molecule has 28 heavy (non-hydrogen) atoms. The lowest BCUT2D eigenvalue weighted by molar-refractivity contribution is 0.850. The molecule has 0 unspecified atom stereocenters. The standard InChI is InChI=1S/C21H17Cl2N3S2/c1-14-4-8-17(9-5-14)26-20(12-18-3-2-10-27-18)24-25-21(26)28-13-15-6-7-16(22)11-19(15)23/h2-11H,12-13H2,1H3. The molecule has 3 nitrogen and oxygen atoms in total. The third kappa shape index (κ3) is 4.44. The van der Waals surface area contributed by atoms with Gasteiger partial charge in [-0.3, -0.25) is 4.57 Å². The summed E-state index contributed by atoms with van der Waals surface area (Å²) in [6.45, 7) is 2.08. The summed E-state index contributed by atoms with van der Waals surface area (Å²) >= 11 is 15.7. The molecule has 0 aliphatic heterocycles. The Bertz CT molecular complexity index is 1070. The second-order valence-corrected chi connectivity index (χ2v) is 9.17. The monoisotopic (exact) mass is 445 g/mol. The van der Waals surface area contributed by atoms with Gasteiger partial charge >= 0.3 is 0 Å². The van der Waals surface area contributed by atoms with Crippen LogP contribution in [-0.4, -0.2) is 14.8 Å². The minimum Gasteiger partial charge on any atom is -0.274 e. The zero-order chi connectivity index (χ0) is 19.5. The van der Waals surface area contributed by atoms with Crippen molar-refractivity contribution in [1.82, 2.24) is 14.8 Å². The molecule has 0 fully saturated rings. The van der Waals surface area contributed by atoms with E-state index >= 15 is 0 Å². The van der Waals surface area contributed by atoms with Crippen LogP contribution in [0.1, 0.15) is 21.8 Å². The van der Waals surface area contributed by atoms with Crippen molar-refractivity contribution in [2.24, 2.45) is 0 Å². The number of thiophene rings is 1. The van der Waals surface area contributed by atoms with Crippen LogP contribution in [0.25, 0.3) is 5.69 Å². The number of thioether (sulfide) groups is 1. The Labute approximate surface area is 182 Å². The van der Waals surface area contributed by atoms with Gasteiger partial charge in [-0.05, 0) is 48.2 Å². The lowest BCUT2D eigenvalue weighted by atomic mass is 10.2. The van der Waals surface area contributed by atoms with E-state index in [1.54, 1.807) is 29.2 Å². The van der Waals surface area contributed by atoms with E-state index in [1.807, 2.05) is 12.1 Å². The Morgan fingerprint density at radius 1 is 1.04 bits per heavy atom. The van der Waals surface area contributed by atoms with Crippen LogP contribution in [0.2, 0.25) is 10.0 Å². The van der Waals surface area contributed by atoms with Crippen LogP contribution in [0.3, 0.4) is 0 Å². The van der Waals surface area contributed by atoms with Gasteiger partial charge in [0.15, 0.2) is 5.16 Å². The van der Waals surface area contributed by atoms with Crippen LogP contribution in [0.15, 0.2) is 65.1 Å². The molecule has 2 aromatic heterocycles. The maximum absolute atomic E-state index is 6.33. The average molecular weight is 446 g/mol. The fourth-order valence-electron chi connectivity index (χ4n) is 2.81. The van der Waals surface area contributed by atoms with Crippen LogP contribution in [-0.2, 0) is 12.2 Å². The summed E-state index contributed by atoms with van der Waals surface area (Å²) in [4.78, 5) is 1.26. The van der Waals surface area contributed by atoms with Crippen LogP contribution >= 0.6 is 46.3 Å². The van der Waals surface area contributed by atoms with E-state index in [0.29, 0.717) is 15.8 Å². The second-order valence-electron chi connectivity index (χ2n) is 6.35. The summed E-state index contributed by atoms with van der Waals surface area (Å²) in [6.07, 6.45) is 0.751. The number of benzene rings is 2. The Morgan fingerprint density at radius 2 is 1.86 bits per heavy atom. The fourth-order valence-corrected chi connectivity index (χ4v) is 5.04. The van der Waals surface area contributed by atoms with Crippen molar-refractivity contribution < 1.29 is 0 Å². The number of hydrogen-bond donors (Lipinski definition) is 0. The van der Waals surface area contributed by atoms with E-state index in [-0.39, 0.29) is 0 Å². The van der Waals surface area contributed by atoms with E-state index in [2.05, 4.69) is 63.5 Å². The molecule has 0 amide bonds. The summed E-state index contributed by atoms with van der Waals surface area (Å²) in [7, 11) is 0. The van der Waals surface area contributed by atoms with Crippen molar-refractivity contribution in [3.05, 3.63) is 91.9 Å². The van der Waals surface area contributed by atoms with E-state index in [4.69, 9.17) is 23.2 Å². The molecule has 0 bridgehead atoms. The minimum absolute atomic E-state index is 0.639. The Hall–Kier alpha value is -1.79. The van der Waals surface area contributed by atoms with Gasteiger partial charge in [0.05, 0.1) is 0 Å². The third-order valence-corrected chi connectivity index (χ3v) is 6.72. The molecule has 0 saturated heterocycles. The van der Waals surface area contributed by atoms with Crippen molar-refractivity contribution in [3.63, 3.8) is 0 Å². The van der Waals surface area contributed by atoms with Gasteiger partial charge in [-0.2, -0.15) is 0 Å². The van der Waals surface area contributed by atoms with Crippen molar-refractivity contribution in [1.29, 1.82) is 0 Å². The van der Waals surface area contributed by atoms with Crippen molar-refractivity contribution in [2.45, 2.75) is 24.3 Å². The molecule has 0 aliphatic rings. The SMILES string of the molecule is Cc1ccc(-n2c(Cc3cccs3)nnc2SCc2ccc(Cl)cc2Cl)cc1. The molecular weight excluding hydrogens is 429 g/mol. The highest BCUT2D eigenvalue weighted by atomic mass is 35.5. The highest BCUT2D eigenvalue weighted by molar-refractivity contribution is 7.98. The predicted octanol–water partition coefficient (Wildman–Crippen LogP) is 6.83. The van der Waals surface area contributed by atoms with Gasteiger partial charge in [0.2, 0.25) is 0 Å². The van der Waals surface area contributed by atoms with E-state index in [1.165, 1.54) is 10.4 Å². The van der Waals surface area contributed by atoms with Gasteiger partial charge in [-0.15, -0.1) is 21.5 Å². The molecule has 0 spiro atoms. The molecule has 7 heteroatoms. The number of aryl methyl sites for hydroxylation is 1. The molecule has 142 valence electrons. The van der Waals surface area contributed by atoms with Crippen LogP contribution < -0.4 is 0 Å². The van der Waals surface area contributed by atoms with Gasteiger partial charge < -0.3 is 0 Å². The molecular formula is C21H17Cl2N3S2. The summed E-state index contributed by atoms with van der Waals surface area (Å²) in [5.41, 5.74) is 3.31. The fraction of sp³-hybridized carbons (Fsp3) is 0.143. The Balaban J connectivity index is 1.66. The first kappa shape index (κ1) is 19.5. The predicted molar refractivity (Wildman–Crippen MR) is 119 cm³/mol. The Morgan fingerprint density at radius 3 is 2.57 bits per heavy atom. The third-order valence-electron chi connectivity index (χ3n) is 4.28. The number of aromatic nitrogens is 3. The number of halogens is 2. The van der Waals surface area contributed by atoms with Crippen molar-refractivity contribution in [3.8, 4) is 5.69 Å². The molecule has 0 radical (unpaired) electrons. The summed E-state index contributed by atoms with van der Waals surface area (Å²) in [5, 5.41) is 13.2. The molecule has 0 N–H and O–H groups in total.